The first-order valence-electron chi connectivity index (χ1n) is 7.44. The lowest BCUT2D eigenvalue weighted by molar-refractivity contribution is -0.119. The molecule has 108 valence electrons. The smallest absolute Gasteiger partial charge is 0.229 e. The molecule has 0 aromatic carbocycles. The van der Waals surface area contributed by atoms with Crippen molar-refractivity contribution in [2.24, 2.45) is 0 Å². The summed E-state index contributed by atoms with van der Waals surface area (Å²) in [6.45, 7) is 2.72. The zero-order chi connectivity index (χ0) is 14.6. The lowest BCUT2D eigenvalue weighted by Crippen LogP contribution is -2.34. The minimum absolute atomic E-state index is 0.179. The summed E-state index contributed by atoms with van der Waals surface area (Å²) < 4.78 is 1.99. The Balaban J connectivity index is 1.92. The van der Waals surface area contributed by atoms with Gasteiger partial charge in [-0.25, -0.2) is 4.68 Å². The Morgan fingerprint density at radius 1 is 1.29 bits per heavy atom. The third-order valence-electron chi connectivity index (χ3n) is 4.32. The van der Waals surface area contributed by atoms with Gasteiger partial charge in [0.05, 0.1) is 12.2 Å². The fraction of sp³-hybridized carbons (Fsp3) is 0.438. The van der Waals surface area contributed by atoms with Crippen LogP contribution in [0.1, 0.15) is 36.3 Å². The van der Waals surface area contributed by atoms with Gasteiger partial charge in [-0.3, -0.25) is 14.7 Å². The number of fused-ring (bicyclic) bond motifs is 1. The van der Waals surface area contributed by atoms with E-state index in [2.05, 4.69) is 11.1 Å². The topological polar surface area (TPSA) is 51.0 Å². The van der Waals surface area contributed by atoms with Crippen LogP contribution in [-0.4, -0.2) is 27.7 Å². The average Bonchev–Trinajstić information content (AvgIpc) is 3.23. The number of aryl methyl sites for hydroxylation is 2. The molecule has 1 amide bonds. The van der Waals surface area contributed by atoms with Crippen molar-refractivity contribution in [3.8, 4) is 11.3 Å². The highest BCUT2D eigenvalue weighted by atomic mass is 16.2. The van der Waals surface area contributed by atoms with Crippen molar-refractivity contribution in [1.29, 1.82) is 0 Å². The fourth-order valence-electron chi connectivity index (χ4n) is 3.11. The molecule has 2 aromatic heterocycles. The van der Waals surface area contributed by atoms with Gasteiger partial charge in [0, 0.05) is 37.0 Å². The standard InChI is InChI=1S/C16H18N4O/c1-10-7-12(9-17-8-10)15-14(11-3-4-11)16-19(2)13(21)5-6-20(16)18-15/h7-9,11H,3-6H2,1-2H3. The molecule has 0 atom stereocenters. The summed E-state index contributed by atoms with van der Waals surface area (Å²) in [5, 5.41) is 4.79. The number of carbonyl (C=O) groups is 1. The Hall–Kier alpha value is -2.17. The van der Waals surface area contributed by atoms with Gasteiger partial charge in [0.2, 0.25) is 5.91 Å². The van der Waals surface area contributed by atoms with E-state index in [-0.39, 0.29) is 5.91 Å². The lowest BCUT2D eigenvalue weighted by atomic mass is 10.0. The highest BCUT2D eigenvalue weighted by molar-refractivity contribution is 5.95. The molecule has 0 radical (unpaired) electrons. The molecule has 21 heavy (non-hydrogen) atoms. The first kappa shape index (κ1) is 12.6. The van der Waals surface area contributed by atoms with Crippen LogP contribution in [0, 0.1) is 6.92 Å². The van der Waals surface area contributed by atoms with E-state index in [4.69, 9.17) is 5.10 Å². The van der Waals surface area contributed by atoms with Gasteiger partial charge in [-0.2, -0.15) is 5.10 Å². The normalized spacial score (nSPS) is 18.0. The van der Waals surface area contributed by atoms with Crippen molar-refractivity contribution < 1.29 is 4.79 Å². The molecule has 1 aliphatic carbocycles. The van der Waals surface area contributed by atoms with Crippen LogP contribution in [0.5, 0.6) is 0 Å². The van der Waals surface area contributed by atoms with Crippen molar-refractivity contribution in [2.75, 3.05) is 11.9 Å². The van der Waals surface area contributed by atoms with Crippen molar-refractivity contribution in [3.63, 3.8) is 0 Å². The van der Waals surface area contributed by atoms with Gasteiger partial charge in [0.25, 0.3) is 0 Å². The molecule has 1 saturated carbocycles. The zero-order valence-electron chi connectivity index (χ0n) is 12.3. The third kappa shape index (κ3) is 1.95. The Kier molecular flexibility index (Phi) is 2.64. The van der Waals surface area contributed by atoms with Gasteiger partial charge in [0.15, 0.2) is 0 Å². The number of nitrogens with zero attached hydrogens (tertiary/aromatic N) is 4. The van der Waals surface area contributed by atoms with Crippen molar-refractivity contribution >= 4 is 11.7 Å². The number of hydrogen-bond acceptors (Lipinski definition) is 3. The van der Waals surface area contributed by atoms with Crippen LogP contribution in [0.25, 0.3) is 11.3 Å². The molecular weight excluding hydrogens is 264 g/mol. The van der Waals surface area contributed by atoms with Gasteiger partial charge >= 0.3 is 0 Å². The first-order chi connectivity index (χ1) is 10.1. The molecule has 0 unspecified atom stereocenters. The molecule has 4 rings (SSSR count). The van der Waals surface area contributed by atoms with Crippen LogP contribution in [0.2, 0.25) is 0 Å². The summed E-state index contributed by atoms with van der Waals surface area (Å²) in [4.78, 5) is 18.1. The maximum absolute atomic E-state index is 12.0. The number of carbonyl (C=O) groups excluding carboxylic acids is 1. The molecule has 0 spiro atoms. The molecule has 2 aromatic rings. The van der Waals surface area contributed by atoms with E-state index < -0.39 is 0 Å². The zero-order valence-corrected chi connectivity index (χ0v) is 12.3. The van der Waals surface area contributed by atoms with Gasteiger partial charge in [-0.1, -0.05) is 0 Å². The Labute approximate surface area is 123 Å². The number of pyridine rings is 1. The van der Waals surface area contributed by atoms with Gasteiger partial charge in [-0.15, -0.1) is 0 Å². The minimum Gasteiger partial charge on any atom is -0.300 e. The Morgan fingerprint density at radius 2 is 2.10 bits per heavy atom. The maximum Gasteiger partial charge on any atom is 0.229 e. The molecule has 5 nitrogen and oxygen atoms in total. The minimum atomic E-state index is 0.179. The summed E-state index contributed by atoms with van der Waals surface area (Å²) in [5.41, 5.74) is 4.42. The SMILES string of the molecule is Cc1cncc(-c2nn3c(c2C2CC2)N(C)C(=O)CC3)c1. The number of rotatable bonds is 2. The van der Waals surface area contributed by atoms with Gasteiger partial charge in [-0.05, 0) is 37.3 Å². The highest BCUT2D eigenvalue weighted by Gasteiger charge is 2.37. The quantitative estimate of drug-likeness (QED) is 0.850. The second kappa shape index (κ2) is 4.41. The van der Waals surface area contributed by atoms with Crippen molar-refractivity contribution in [3.05, 3.63) is 29.6 Å². The summed E-state index contributed by atoms with van der Waals surface area (Å²) in [7, 11) is 1.86. The van der Waals surface area contributed by atoms with E-state index >= 15 is 0 Å². The van der Waals surface area contributed by atoms with E-state index in [1.807, 2.05) is 31.0 Å². The molecule has 0 saturated heterocycles. The predicted molar refractivity (Wildman–Crippen MR) is 80.2 cm³/mol. The molecule has 0 N–H and O–H groups in total. The van der Waals surface area contributed by atoms with E-state index in [0.717, 1.165) is 22.6 Å². The van der Waals surface area contributed by atoms with E-state index in [1.165, 1.54) is 18.4 Å². The molecule has 3 heterocycles. The van der Waals surface area contributed by atoms with Crippen molar-refractivity contribution in [2.45, 2.75) is 38.6 Å². The second-order valence-electron chi connectivity index (χ2n) is 6.04. The molecule has 1 aliphatic heterocycles. The summed E-state index contributed by atoms with van der Waals surface area (Å²) in [5.74, 6) is 1.71. The van der Waals surface area contributed by atoms with Gasteiger partial charge in [0.1, 0.15) is 5.82 Å². The number of hydrogen-bond donors (Lipinski definition) is 0. The summed E-state index contributed by atoms with van der Waals surface area (Å²) in [6.07, 6.45) is 6.63. The highest BCUT2D eigenvalue weighted by Crippen LogP contribution is 2.49. The molecule has 0 bridgehead atoms. The lowest BCUT2D eigenvalue weighted by Gasteiger charge is -2.24. The van der Waals surface area contributed by atoms with E-state index in [1.54, 1.807) is 4.90 Å². The predicted octanol–water partition coefficient (Wildman–Crippen LogP) is 2.50. The summed E-state index contributed by atoms with van der Waals surface area (Å²) in [6, 6.07) is 2.12. The van der Waals surface area contributed by atoms with Crippen LogP contribution in [0.15, 0.2) is 18.5 Å². The second-order valence-corrected chi connectivity index (χ2v) is 6.04. The number of amides is 1. The van der Waals surface area contributed by atoms with E-state index in [0.29, 0.717) is 18.9 Å². The van der Waals surface area contributed by atoms with Crippen LogP contribution in [-0.2, 0) is 11.3 Å². The third-order valence-corrected chi connectivity index (χ3v) is 4.32. The van der Waals surface area contributed by atoms with Crippen LogP contribution >= 0.6 is 0 Å². The number of anilines is 1. The Bertz CT molecular complexity index is 730. The summed E-state index contributed by atoms with van der Waals surface area (Å²) >= 11 is 0. The monoisotopic (exact) mass is 282 g/mol. The first-order valence-corrected chi connectivity index (χ1v) is 7.44. The maximum atomic E-state index is 12.0. The Morgan fingerprint density at radius 3 is 2.81 bits per heavy atom. The largest absolute Gasteiger partial charge is 0.300 e. The van der Waals surface area contributed by atoms with Crippen LogP contribution in [0.4, 0.5) is 5.82 Å². The van der Waals surface area contributed by atoms with Gasteiger partial charge < -0.3 is 0 Å². The average molecular weight is 282 g/mol. The van der Waals surface area contributed by atoms with Crippen molar-refractivity contribution in [1.82, 2.24) is 14.8 Å². The number of aromatic nitrogens is 3. The molecular formula is C16H18N4O. The molecule has 2 aliphatic rings. The van der Waals surface area contributed by atoms with E-state index in [9.17, 15) is 4.79 Å². The van der Waals surface area contributed by atoms with Crippen LogP contribution in [0.3, 0.4) is 0 Å². The fourth-order valence-corrected chi connectivity index (χ4v) is 3.11. The van der Waals surface area contributed by atoms with Crippen LogP contribution < -0.4 is 4.90 Å². The molecule has 5 heteroatoms. The molecule has 1 fully saturated rings.